The summed E-state index contributed by atoms with van der Waals surface area (Å²) in [7, 11) is 0. The van der Waals surface area contributed by atoms with Crippen LogP contribution in [0.5, 0.6) is 0 Å². The molecule has 1 aromatic carbocycles. The van der Waals surface area contributed by atoms with Crippen LogP contribution in [-0.2, 0) is 6.42 Å². The van der Waals surface area contributed by atoms with Gasteiger partial charge >= 0.3 is 0 Å². The van der Waals surface area contributed by atoms with Crippen LogP contribution in [0.3, 0.4) is 0 Å². The van der Waals surface area contributed by atoms with Crippen LogP contribution in [-0.4, -0.2) is 22.8 Å². The maximum Gasteiger partial charge on any atom is 0.222 e. The quantitative estimate of drug-likeness (QED) is 0.577. The zero-order valence-corrected chi connectivity index (χ0v) is 16.7. The van der Waals surface area contributed by atoms with E-state index < -0.39 is 0 Å². The number of aryl methyl sites for hydroxylation is 1. The molecule has 0 aliphatic carbocycles. The molecule has 0 saturated heterocycles. The number of thioether (sulfide) groups is 1. The Hall–Kier alpha value is -2.27. The number of nitrogens with one attached hydrogen (secondary N) is 2. The van der Waals surface area contributed by atoms with Gasteiger partial charge in [-0.3, -0.25) is 0 Å². The lowest BCUT2D eigenvalue weighted by molar-refractivity contribution is 0.938. The van der Waals surface area contributed by atoms with Crippen molar-refractivity contribution in [3.8, 4) is 0 Å². The Bertz CT molecular complexity index is 757. The molecule has 1 atom stereocenters. The van der Waals surface area contributed by atoms with E-state index in [9.17, 15) is 0 Å². The Kier molecular flexibility index (Phi) is 7.73. The summed E-state index contributed by atoms with van der Waals surface area (Å²) in [5.74, 6) is 0.662. The zero-order valence-electron chi connectivity index (χ0n) is 15.9. The fourth-order valence-electron chi connectivity index (χ4n) is 2.50. The van der Waals surface area contributed by atoms with Gasteiger partial charge in [0.05, 0.1) is 5.69 Å². The number of aromatic nitrogens is 2. The summed E-state index contributed by atoms with van der Waals surface area (Å²) in [5.41, 5.74) is 5.42. The highest BCUT2D eigenvalue weighted by molar-refractivity contribution is 7.98. The summed E-state index contributed by atoms with van der Waals surface area (Å²) in [6, 6.07) is 8.34. The van der Waals surface area contributed by atoms with E-state index in [0.717, 1.165) is 42.0 Å². The smallest absolute Gasteiger partial charge is 0.222 e. The number of nitrogens with zero attached hydrogens (tertiary/aromatic N) is 2. The predicted octanol–water partition coefficient (Wildman–Crippen LogP) is 5.53. The van der Waals surface area contributed by atoms with Crippen LogP contribution >= 0.6 is 11.8 Å². The molecule has 0 bridgehead atoms. The standard InChI is InChI=1S/C21H28N4S/c1-6-17-8-9-20(18(7-2)14-17)24-15(3)10-12-22-21-23-13-11-19(25-21)16(4)26-5/h7-9,11,13-14,16,24H,2-3,6,10,12H2,1,4-5H3,(H,22,23,25). The van der Waals surface area contributed by atoms with Gasteiger partial charge in [-0.1, -0.05) is 32.2 Å². The van der Waals surface area contributed by atoms with Crippen LogP contribution in [0.1, 0.15) is 42.3 Å². The van der Waals surface area contributed by atoms with Gasteiger partial charge in [0.25, 0.3) is 0 Å². The molecule has 1 aromatic heterocycles. The predicted molar refractivity (Wildman–Crippen MR) is 116 cm³/mol. The number of rotatable bonds is 10. The van der Waals surface area contributed by atoms with Crippen molar-refractivity contribution >= 4 is 29.5 Å². The molecule has 5 heteroatoms. The maximum atomic E-state index is 4.56. The average Bonchev–Trinajstić information content (AvgIpc) is 2.67. The number of anilines is 2. The summed E-state index contributed by atoms with van der Waals surface area (Å²) in [6.45, 7) is 13.0. The zero-order chi connectivity index (χ0) is 18.9. The van der Waals surface area contributed by atoms with Crippen molar-refractivity contribution in [3.05, 3.63) is 66.1 Å². The minimum absolute atomic E-state index is 0.360. The molecule has 0 amide bonds. The van der Waals surface area contributed by atoms with E-state index in [-0.39, 0.29) is 0 Å². The SMILES string of the molecule is C=Cc1cc(CC)ccc1NC(=C)CCNc1nccc(C(C)SC)n1. The van der Waals surface area contributed by atoms with Gasteiger partial charge in [-0.05, 0) is 48.9 Å². The Morgan fingerprint density at radius 2 is 2.15 bits per heavy atom. The van der Waals surface area contributed by atoms with Crippen LogP contribution in [0.4, 0.5) is 11.6 Å². The molecule has 2 rings (SSSR count). The first-order valence-corrected chi connectivity index (χ1v) is 10.2. The molecule has 0 aliphatic heterocycles. The second-order valence-electron chi connectivity index (χ2n) is 6.07. The van der Waals surface area contributed by atoms with E-state index in [2.05, 4.69) is 72.1 Å². The van der Waals surface area contributed by atoms with Crippen molar-refractivity contribution in [2.24, 2.45) is 0 Å². The summed E-state index contributed by atoms with van der Waals surface area (Å²) in [4.78, 5) is 8.85. The van der Waals surface area contributed by atoms with Crippen LogP contribution in [0, 0.1) is 0 Å². The molecule has 138 valence electrons. The molecule has 4 nitrogen and oxygen atoms in total. The first kappa shape index (κ1) is 20.0. The molecule has 1 unspecified atom stereocenters. The third-order valence-corrected chi connectivity index (χ3v) is 5.16. The molecule has 2 aromatic rings. The number of hydrogen-bond donors (Lipinski definition) is 2. The number of hydrogen-bond acceptors (Lipinski definition) is 5. The Labute approximate surface area is 161 Å². The lowest BCUT2D eigenvalue weighted by atomic mass is 10.1. The maximum absolute atomic E-state index is 4.56. The topological polar surface area (TPSA) is 49.8 Å². The highest BCUT2D eigenvalue weighted by atomic mass is 32.2. The highest BCUT2D eigenvalue weighted by Crippen LogP contribution is 2.24. The van der Waals surface area contributed by atoms with Crippen molar-refractivity contribution in [3.63, 3.8) is 0 Å². The van der Waals surface area contributed by atoms with E-state index in [0.29, 0.717) is 11.2 Å². The van der Waals surface area contributed by atoms with Gasteiger partial charge in [0.15, 0.2) is 0 Å². The monoisotopic (exact) mass is 368 g/mol. The van der Waals surface area contributed by atoms with Gasteiger partial charge in [0.2, 0.25) is 5.95 Å². The summed E-state index contributed by atoms with van der Waals surface area (Å²) in [6.07, 6.45) is 7.55. The van der Waals surface area contributed by atoms with Crippen LogP contribution in [0.2, 0.25) is 0 Å². The fourth-order valence-corrected chi connectivity index (χ4v) is 2.87. The first-order chi connectivity index (χ1) is 12.6. The Morgan fingerprint density at radius 1 is 1.35 bits per heavy atom. The lowest BCUT2D eigenvalue weighted by Crippen LogP contribution is -2.10. The van der Waals surface area contributed by atoms with Crippen LogP contribution in [0.15, 0.2) is 49.3 Å². The average molecular weight is 369 g/mol. The third-order valence-electron chi connectivity index (χ3n) is 4.21. The van der Waals surface area contributed by atoms with Gasteiger partial charge in [-0.25, -0.2) is 9.97 Å². The third kappa shape index (κ3) is 5.63. The minimum atomic E-state index is 0.360. The highest BCUT2D eigenvalue weighted by Gasteiger charge is 2.07. The second kappa shape index (κ2) is 10.0. The van der Waals surface area contributed by atoms with E-state index in [1.807, 2.05) is 12.1 Å². The van der Waals surface area contributed by atoms with E-state index in [1.54, 1.807) is 18.0 Å². The van der Waals surface area contributed by atoms with Gasteiger partial charge in [0, 0.05) is 35.8 Å². The normalized spacial score (nSPS) is 11.7. The van der Waals surface area contributed by atoms with E-state index >= 15 is 0 Å². The van der Waals surface area contributed by atoms with Crippen LogP contribution in [0.25, 0.3) is 6.08 Å². The van der Waals surface area contributed by atoms with Gasteiger partial charge in [-0.2, -0.15) is 11.8 Å². The van der Waals surface area contributed by atoms with Crippen molar-refractivity contribution in [1.82, 2.24) is 9.97 Å². The molecular formula is C21H28N4S. The molecule has 26 heavy (non-hydrogen) atoms. The molecule has 0 saturated carbocycles. The molecular weight excluding hydrogens is 340 g/mol. The molecule has 1 heterocycles. The molecule has 0 radical (unpaired) electrons. The first-order valence-electron chi connectivity index (χ1n) is 8.87. The lowest BCUT2D eigenvalue weighted by Gasteiger charge is -2.14. The summed E-state index contributed by atoms with van der Waals surface area (Å²) >= 11 is 1.77. The van der Waals surface area contributed by atoms with E-state index in [1.165, 1.54) is 5.56 Å². The fraction of sp³-hybridized carbons (Fsp3) is 0.333. The Morgan fingerprint density at radius 3 is 2.85 bits per heavy atom. The van der Waals surface area contributed by atoms with Gasteiger partial charge in [-0.15, -0.1) is 0 Å². The van der Waals surface area contributed by atoms with E-state index in [4.69, 9.17) is 0 Å². The molecule has 0 aliphatic rings. The Balaban J connectivity index is 1.89. The van der Waals surface area contributed by atoms with Gasteiger partial charge in [0.1, 0.15) is 0 Å². The van der Waals surface area contributed by atoms with Crippen LogP contribution < -0.4 is 10.6 Å². The molecule has 0 fully saturated rings. The molecule has 0 spiro atoms. The summed E-state index contributed by atoms with van der Waals surface area (Å²) in [5, 5.41) is 7.02. The van der Waals surface area contributed by atoms with Gasteiger partial charge < -0.3 is 10.6 Å². The summed E-state index contributed by atoms with van der Waals surface area (Å²) < 4.78 is 0. The minimum Gasteiger partial charge on any atom is -0.359 e. The van der Waals surface area contributed by atoms with Crippen molar-refractivity contribution in [1.29, 1.82) is 0 Å². The largest absolute Gasteiger partial charge is 0.359 e. The van der Waals surface area contributed by atoms with Crippen molar-refractivity contribution in [2.75, 3.05) is 23.4 Å². The number of benzene rings is 1. The van der Waals surface area contributed by atoms with Crippen molar-refractivity contribution in [2.45, 2.75) is 31.9 Å². The van der Waals surface area contributed by atoms with Crippen molar-refractivity contribution < 1.29 is 0 Å². The second-order valence-corrected chi connectivity index (χ2v) is 7.25. The molecule has 2 N–H and O–H groups in total.